The number of carbonyl (C=O) groups is 2. The lowest BCUT2D eigenvalue weighted by Gasteiger charge is -2.46. The van der Waals surface area contributed by atoms with E-state index in [1.165, 1.54) is 12.1 Å². The van der Waals surface area contributed by atoms with Crippen LogP contribution in [0.4, 0.5) is 5.69 Å². The number of benzene rings is 2. The zero-order valence-corrected chi connectivity index (χ0v) is 21.7. The number of halogens is 2. The summed E-state index contributed by atoms with van der Waals surface area (Å²) in [5.41, 5.74) is 1.36. The Morgan fingerprint density at radius 2 is 1.89 bits per heavy atom. The van der Waals surface area contributed by atoms with Crippen LogP contribution in [-0.4, -0.2) is 81.4 Å². The number of amides is 1. The Balaban J connectivity index is 1.66. The fraction of sp³-hybridized carbons (Fsp3) is 0.417. The van der Waals surface area contributed by atoms with E-state index in [9.17, 15) is 18.9 Å². The van der Waals surface area contributed by atoms with Crippen molar-refractivity contribution in [1.29, 1.82) is 0 Å². The van der Waals surface area contributed by atoms with E-state index >= 15 is 0 Å². The summed E-state index contributed by atoms with van der Waals surface area (Å²) in [6.45, 7) is 4.25. The van der Waals surface area contributed by atoms with Crippen molar-refractivity contribution in [3.05, 3.63) is 58.1 Å². The van der Waals surface area contributed by atoms with Crippen LogP contribution >= 0.6 is 23.2 Å². The van der Waals surface area contributed by atoms with Gasteiger partial charge in [-0.25, -0.2) is 0 Å². The molecule has 1 fully saturated rings. The first-order valence-electron chi connectivity index (χ1n) is 11.1. The molecule has 11 heteroatoms. The third kappa shape index (κ3) is 6.74. The van der Waals surface area contributed by atoms with Gasteiger partial charge in [0.2, 0.25) is 0 Å². The Bertz CT molecular complexity index is 1100. The molecule has 1 heterocycles. The topological polar surface area (TPSA) is 107 Å². The molecule has 2 aromatic carbocycles. The van der Waals surface area contributed by atoms with Crippen molar-refractivity contribution in [2.45, 2.75) is 36.9 Å². The van der Waals surface area contributed by atoms with Gasteiger partial charge in [0.1, 0.15) is 18.5 Å². The molecule has 4 atom stereocenters. The highest BCUT2D eigenvalue weighted by atomic mass is 35.5. The van der Waals surface area contributed by atoms with Crippen LogP contribution in [0.3, 0.4) is 0 Å². The van der Waals surface area contributed by atoms with Gasteiger partial charge in [0.15, 0.2) is 0 Å². The van der Waals surface area contributed by atoms with Crippen molar-refractivity contribution in [2.75, 3.05) is 37.0 Å². The number of nitrogens with zero attached hydrogens (tertiary/aromatic N) is 2. The number of ether oxygens (including phenoxy) is 1. The van der Waals surface area contributed by atoms with Crippen molar-refractivity contribution < 1.29 is 28.7 Å². The molecule has 0 radical (unpaired) electrons. The van der Waals surface area contributed by atoms with Gasteiger partial charge >= 0.3 is 5.97 Å². The molecule has 35 heavy (non-hydrogen) atoms. The molecule has 0 saturated carbocycles. The van der Waals surface area contributed by atoms with Crippen molar-refractivity contribution in [3.8, 4) is 0 Å². The molecular formula is C24H28Cl2N2O6S. The second kappa shape index (κ2) is 12.2. The highest BCUT2D eigenvalue weighted by Crippen LogP contribution is 2.28. The van der Waals surface area contributed by atoms with E-state index in [4.69, 9.17) is 33.0 Å². The molecule has 0 spiro atoms. The van der Waals surface area contributed by atoms with Gasteiger partial charge in [0.05, 0.1) is 27.3 Å². The van der Waals surface area contributed by atoms with Crippen molar-refractivity contribution in [3.63, 3.8) is 0 Å². The van der Waals surface area contributed by atoms with E-state index in [2.05, 4.69) is 11.8 Å². The minimum absolute atomic E-state index is 0.0452. The summed E-state index contributed by atoms with van der Waals surface area (Å²) in [6, 6.07) is 12.1. The Labute approximate surface area is 216 Å². The van der Waals surface area contributed by atoms with Gasteiger partial charge in [-0.3, -0.25) is 13.8 Å². The average molecular weight is 543 g/mol. The Hall–Kier alpha value is -2.17. The molecule has 2 aromatic rings. The molecule has 0 aliphatic carbocycles. The number of esters is 1. The largest absolute Gasteiger partial charge is 0.462 e. The van der Waals surface area contributed by atoms with Crippen molar-refractivity contribution in [1.82, 2.24) is 4.90 Å². The quantitative estimate of drug-likeness (QED) is 0.493. The molecular weight excluding hydrogens is 515 g/mol. The summed E-state index contributed by atoms with van der Waals surface area (Å²) in [4.78, 5) is 29.3. The SMILES string of the molecule is CC1[C@@H](C)N(c2cccc(Cl)c2)CCN1C(=O)c1ccc(S(=O)CC(=O)OCC(O)CO)c(Cl)c1. The van der Waals surface area contributed by atoms with Crippen LogP contribution in [0.5, 0.6) is 0 Å². The van der Waals surface area contributed by atoms with Crippen molar-refractivity contribution in [2.24, 2.45) is 0 Å². The maximum Gasteiger partial charge on any atom is 0.319 e. The maximum absolute atomic E-state index is 13.3. The third-order valence-corrected chi connectivity index (χ3v) is 7.99. The summed E-state index contributed by atoms with van der Waals surface area (Å²) in [6.07, 6.45) is -1.20. The number of carbonyl (C=O) groups excluding carboxylic acids is 2. The predicted octanol–water partition coefficient (Wildman–Crippen LogP) is 2.74. The number of piperazine rings is 1. The van der Waals surface area contributed by atoms with Crippen LogP contribution in [0.25, 0.3) is 0 Å². The fourth-order valence-corrected chi connectivity index (χ4v) is 5.47. The molecule has 0 bridgehead atoms. The molecule has 2 N–H and O–H groups in total. The molecule has 3 rings (SSSR count). The van der Waals surface area contributed by atoms with Crippen LogP contribution in [-0.2, 0) is 20.3 Å². The van der Waals surface area contributed by atoms with Crippen LogP contribution < -0.4 is 4.90 Å². The molecule has 1 saturated heterocycles. The highest BCUT2D eigenvalue weighted by molar-refractivity contribution is 7.85. The number of aliphatic hydroxyl groups excluding tert-OH is 2. The smallest absolute Gasteiger partial charge is 0.319 e. The normalized spacial score (nSPS) is 19.8. The molecule has 190 valence electrons. The van der Waals surface area contributed by atoms with Gasteiger partial charge in [0.25, 0.3) is 5.91 Å². The first-order chi connectivity index (χ1) is 16.6. The monoisotopic (exact) mass is 542 g/mol. The fourth-order valence-electron chi connectivity index (χ4n) is 3.90. The number of aliphatic hydroxyl groups is 2. The zero-order chi connectivity index (χ0) is 25.7. The zero-order valence-electron chi connectivity index (χ0n) is 19.4. The molecule has 1 aliphatic rings. The first kappa shape index (κ1) is 27.4. The van der Waals surface area contributed by atoms with E-state index in [-0.39, 0.29) is 27.9 Å². The predicted molar refractivity (Wildman–Crippen MR) is 136 cm³/mol. The van der Waals surface area contributed by atoms with Crippen LogP contribution in [0.1, 0.15) is 24.2 Å². The standard InChI is InChI=1S/C24H28Cl2N2O6S/c1-15-16(2)28(9-8-27(15)19-5-3-4-18(25)11-19)24(32)17-6-7-22(21(26)10-17)35(33)14-23(31)34-13-20(30)12-29/h3-7,10-11,15-16,20,29-30H,8-9,12-14H2,1-2H3/t15-,16?,20?,35?/m1/s1. The molecule has 3 unspecified atom stereocenters. The second-order valence-corrected chi connectivity index (χ2v) is 10.6. The Kier molecular flexibility index (Phi) is 9.54. The van der Waals surface area contributed by atoms with E-state index in [1.54, 1.807) is 11.0 Å². The molecule has 1 amide bonds. The van der Waals surface area contributed by atoms with Gasteiger partial charge in [-0.15, -0.1) is 0 Å². The lowest BCUT2D eigenvalue weighted by atomic mass is 10.0. The van der Waals surface area contributed by atoms with Gasteiger partial charge in [0, 0.05) is 41.4 Å². The summed E-state index contributed by atoms with van der Waals surface area (Å²) in [7, 11) is -1.80. The summed E-state index contributed by atoms with van der Waals surface area (Å²) in [5, 5.41) is 18.8. The second-order valence-electron chi connectivity index (χ2n) is 8.31. The van der Waals surface area contributed by atoms with Crippen LogP contribution in [0.15, 0.2) is 47.4 Å². The number of anilines is 1. The van der Waals surface area contributed by atoms with E-state index in [0.29, 0.717) is 23.7 Å². The number of hydrogen-bond acceptors (Lipinski definition) is 7. The van der Waals surface area contributed by atoms with E-state index < -0.39 is 41.8 Å². The first-order valence-corrected chi connectivity index (χ1v) is 13.2. The maximum atomic E-state index is 13.3. The van der Waals surface area contributed by atoms with Crippen LogP contribution in [0, 0.1) is 0 Å². The van der Waals surface area contributed by atoms with Crippen molar-refractivity contribution >= 4 is 51.6 Å². The Morgan fingerprint density at radius 1 is 1.14 bits per heavy atom. The Morgan fingerprint density at radius 3 is 2.54 bits per heavy atom. The number of hydrogen-bond donors (Lipinski definition) is 2. The summed E-state index contributed by atoms with van der Waals surface area (Å²) in [5.74, 6) is -1.45. The van der Waals surface area contributed by atoms with Gasteiger partial charge in [-0.05, 0) is 50.2 Å². The highest BCUT2D eigenvalue weighted by Gasteiger charge is 2.34. The number of rotatable bonds is 8. The lowest BCUT2D eigenvalue weighted by molar-refractivity contribution is -0.144. The van der Waals surface area contributed by atoms with Gasteiger partial charge in [-0.2, -0.15) is 0 Å². The minimum Gasteiger partial charge on any atom is -0.462 e. The molecule has 0 aromatic heterocycles. The summed E-state index contributed by atoms with van der Waals surface area (Å²) < 4.78 is 17.3. The van der Waals surface area contributed by atoms with Gasteiger partial charge in [-0.1, -0.05) is 29.3 Å². The minimum atomic E-state index is -1.80. The van der Waals surface area contributed by atoms with E-state index in [1.807, 2.05) is 31.2 Å². The van der Waals surface area contributed by atoms with E-state index in [0.717, 1.165) is 5.69 Å². The molecule has 8 nitrogen and oxygen atoms in total. The average Bonchev–Trinajstić information content (AvgIpc) is 2.83. The molecule has 1 aliphatic heterocycles. The summed E-state index contributed by atoms with van der Waals surface area (Å²) >= 11 is 12.5. The van der Waals surface area contributed by atoms with Crippen LogP contribution in [0.2, 0.25) is 10.0 Å². The van der Waals surface area contributed by atoms with Gasteiger partial charge < -0.3 is 24.7 Å². The lowest BCUT2D eigenvalue weighted by Crippen LogP contribution is -2.59. The third-order valence-electron chi connectivity index (χ3n) is 5.98.